The van der Waals surface area contributed by atoms with Gasteiger partial charge in [0.15, 0.2) is 5.75 Å². The Kier molecular flexibility index (Phi) is 13.8. The molecule has 2 atom stereocenters. The molecule has 1 aromatic heterocycles. The van der Waals surface area contributed by atoms with E-state index in [9.17, 15) is 29.3 Å². The van der Waals surface area contributed by atoms with E-state index in [1.54, 1.807) is 0 Å². The number of nitrogens with zero attached hydrogens (tertiary/aromatic N) is 2. The van der Waals surface area contributed by atoms with E-state index < -0.39 is 46.9 Å². The van der Waals surface area contributed by atoms with E-state index in [1.165, 1.54) is 55.3 Å². The fourth-order valence-electron chi connectivity index (χ4n) is 6.35. The molecule has 56 heavy (non-hydrogen) atoms. The van der Waals surface area contributed by atoms with Crippen molar-refractivity contribution < 1.29 is 65.1 Å². The number of likely N-dealkylation sites (tertiary alicyclic amines) is 1. The Morgan fingerprint density at radius 2 is 1.43 bits per heavy atom. The summed E-state index contributed by atoms with van der Waals surface area (Å²) < 4.78 is 22.0. The molecule has 290 valence electrons. The summed E-state index contributed by atoms with van der Waals surface area (Å²) >= 11 is 6.06. The summed E-state index contributed by atoms with van der Waals surface area (Å²) in [7, 11) is 1.23. The standard InChI is InChI=1S/C41H35N2O10PS.Ag/c1-27(44)52-35-24-30(22-23-37(45)50-2)53-36(35)25-34-38(46)42(40(34)55)39(41(47)51-26-28-18-20-29(21-19-28)43(48)49)54(31-12-6-3-7-13-31,32-14-8-4-9-15-32)33-16-10-5-11-17-33;/h3-24,34,40,55H,25-26H2,1-2H3;/q;+1/p-1. The van der Waals surface area contributed by atoms with Crippen molar-refractivity contribution >= 4 is 76.4 Å². The van der Waals surface area contributed by atoms with Crippen molar-refractivity contribution in [3.05, 3.63) is 155 Å². The van der Waals surface area contributed by atoms with Crippen LogP contribution in [-0.2, 0) is 76.7 Å². The van der Waals surface area contributed by atoms with Gasteiger partial charge in [0.25, 0.3) is 5.69 Å². The van der Waals surface area contributed by atoms with Crippen molar-refractivity contribution in [3.63, 3.8) is 0 Å². The normalized spacial score (nSPS) is 15.0. The number of nitro groups is 1. The number of amides is 1. The number of carbonyl (C=O) groups excluding carboxylic acids is 4. The minimum absolute atomic E-state index is 0. The summed E-state index contributed by atoms with van der Waals surface area (Å²) in [5.41, 5.74) is 0.438. The number of β-lactam (4-membered cyclic amide) rings is 1. The van der Waals surface area contributed by atoms with Crippen LogP contribution in [0.15, 0.2) is 132 Å². The van der Waals surface area contributed by atoms with E-state index in [2.05, 4.69) is 4.74 Å². The Hall–Kier alpha value is -5.43. The fourth-order valence-corrected chi connectivity index (χ4v) is 11.2. The Labute approximate surface area is 343 Å². The Balaban J connectivity index is 0.00000600. The minimum Gasteiger partial charge on any atom is -0.767 e. The van der Waals surface area contributed by atoms with Gasteiger partial charge in [-0.2, -0.15) is 0 Å². The second kappa shape index (κ2) is 18.5. The van der Waals surface area contributed by atoms with Crippen LogP contribution in [0.5, 0.6) is 5.75 Å². The van der Waals surface area contributed by atoms with Crippen LogP contribution >= 0.6 is 6.89 Å². The fraction of sp³-hybridized carbons (Fsp3) is 0.146. The molecule has 0 spiro atoms. The van der Waals surface area contributed by atoms with E-state index in [0.717, 1.165) is 22.0 Å². The molecule has 0 aliphatic carbocycles. The molecular formula is C41H34AgN2O10PS. The summed E-state index contributed by atoms with van der Waals surface area (Å²) in [4.78, 5) is 65.2. The second-order valence-corrected chi connectivity index (χ2v) is 16.1. The van der Waals surface area contributed by atoms with Crippen LogP contribution in [-0.4, -0.2) is 51.5 Å². The number of ether oxygens (including phenoxy) is 3. The molecular weight excluding hydrogens is 851 g/mol. The molecule has 1 fully saturated rings. The molecule has 12 nitrogen and oxygen atoms in total. The Morgan fingerprint density at radius 3 is 1.89 bits per heavy atom. The first-order valence-electron chi connectivity index (χ1n) is 16.9. The first kappa shape index (κ1) is 41.7. The third-order valence-corrected chi connectivity index (χ3v) is 13.7. The largest absolute Gasteiger partial charge is 1.00 e. The predicted molar refractivity (Wildman–Crippen MR) is 209 cm³/mol. The van der Waals surface area contributed by atoms with Crippen LogP contribution in [0.3, 0.4) is 0 Å². The molecule has 1 saturated heterocycles. The van der Waals surface area contributed by atoms with E-state index in [-0.39, 0.29) is 63.8 Å². The smallest absolute Gasteiger partial charge is 0.767 e. The first-order chi connectivity index (χ1) is 26.5. The van der Waals surface area contributed by atoms with E-state index in [4.69, 9.17) is 26.5 Å². The predicted octanol–water partition coefficient (Wildman–Crippen LogP) is 5.04. The molecule has 2 heterocycles. The molecule has 6 rings (SSSR count). The van der Waals surface area contributed by atoms with Gasteiger partial charge in [0, 0.05) is 50.4 Å². The number of esters is 3. The first-order valence-corrected chi connectivity index (χ1v) is 19.2. The SMILES string of the molecule is COC(=O)C=Cc1cc(OC(C)=O)c(CC2C(=O)N(C(C(=O)OCc3ccc([N+](=O)[O-])cc3)=P(c3ccccc3)(c3ccccc3)c3ccccc3)C2[S-])o1.[Ag+]. The number of nitro benzene ring substituents is 1. The van der Waals surface area contributed by atoms with Crippen molar-refractivity contribution in [2.24, 2.45) is 5.92 Å². The van der Waals surface area contributed by atoms with Gasteiger partial charge >= 0.3 is 40.3 Å². The number of hydrogen-bond acceptors (Lipinski definition) is 11. The molecule has 2 unspecified atom stereocenters. The summed E-state index contributed by atoms with van der Waals surface area (Å²) in [5.74, 6) is -3.06. The van der Waals surface area contributed by atoms with Gasteiger partial charge in [0.1, 0.15) is 23.5 Å². The quantitative estimate of drug-likeness (QED) is 0.0228. The van der Waals surface area contributed by atoms with Crippen molar-refractivity contribution in [2.45, 2.75) is 25.3 Å². The Bertz CT molecular complexity index is 2210. The molecule has 1 amide bonds. The number of methoxy groups -OCH3 is 1. The molecule has 0 N–H and O–H groups in total. The summed E-state index contributed by atoms with van der Waals surface area (Å²) in [6.07, 6.45) is 2.39. The van der Waals surface area contributed by atoms with Crippen LogP contribution in [0.4, 0.5) is 5.69 Å². The van der Waals surface area contributed by atoms with Crippen LogP contribution in [0.1, 0.15) is 24.0 Å². The monoisotopic (exact) mass is 884 g/mol. The zero-order chi connectivity index (χ0) is 39.1. The van der Waals surface area contributed by atoms with Gasteiger partial charge in [-0.25, -0.2) is 9.59 Å². The van der Waals surface area contributed by atoms with Gasteiger partial charge in [0.05, 0.1) is 12.0 Å². The summed E-state index contributed by atoms with van der Waals surface area (Å²) in [5, 5.41) is 12.6. The molecule has 0 radical (unpaired) electrons. The number of hydrogen-bond donors (Lipinski definition) is 0. The van der Waals surface area contributed by atoms with Crippen LogP contribution in [0.25, 0.3) is 6.08 Å². The summed E-state index contributed by atoms with van der Waals surface area (Å²) in [6.45, 7) is -2.29. The van der Waals surface area contributed by atoms with Crippen molar-refractivity contribution in [1.29, 1.82) is 0 Å². The molecule has 1 aliphatic rings. The van der Waals surface area contributed by atoms with Gasteiger partial charge in [-0.15, -0.1) is 0 Å². The molecule has 0 bridgehead atoms. The molecule has 1 aliphatic heterocycles. The third kappa shape index (κ3) is 8.67. The zero-order valence-electron chi connectivity index (χ0n) is 29.9. The molecule has 5 aromatic rings. The number of rotatable bonds is 13. The van der Waals surface area contributed by atoms with E-state index >= 15 is 0 Å². The molecule has 0 saturated carbocycles. The van der Waals surface area contributed by atoms with Crippen LogP contribution in [0.2, 0.25) is 0 Å². The van der Waals surface area contributed by atoms with Gasteiger partial charge < -0.3 is 36.2 Å². The maximum absolute atomic E-state index is 14.9. The topological polar surface area (TPSA) is 155 Å². The van der Waals surface area contributed by atoms with Gasteiger partial charge in [0.2, 0.25) is 5.91 Å². The third-order valence-electron chi connectivity index (χ3n) is 8.86. The van der Waals surface area contributed by atoms with Crippen LogP contribution < -0.4 is 20.7 Å². The number of non-ortho nitro benzene ring substituents is 1. The van der Waals surface area contributed by atoms with Gasteiger partial charge in [-0.1, -0.05) is 96.4 Å². The van der Waals surface area contributed by atoms with Gasteiger partial charge in [-0.3, -0.25) is 19.7 Å². The Morgan fingerprint density at radius 1 is 0.893 bits per heavy atom. The van der Waals surface area contributed by atoms with Gasteiger partial charge in [-0.05, 0) is 39.7 Å². The number of benzene rings is 4. The molecule has 4 aromatic carbocycles. The van der Waals surface area contributed by atoms with Crippen molar-refractivity contribution in [2.75, 3.05) is 7.11 Å². The average Bonchev–Trinajstić information content (AvgIpc) is 3.59. The summed E-state index contributed by atoms with van der Waals surface area (Å²) in [6, 6.07) is 35.3. The number of furan rings is 1. The van der Waals surface area contributed by atoms with Crippen molar-refractivity contribution in [1.82, 2.24) is 4.90 Å². The van der Waals surface area contributed by atoms with Crippen LogP contribution in [0, 0.1) is 16.0 Å². The average molecular weight is 886 g/mol. The van der Waals surface area contributed by atoms with E-state index in [0.29, 0.717) is 5.56 Å². The zero-order valence-corrected chi connectivity index (χ0v) is 33.1. The second-order valence-electron chi connectivity index (χ2n) is 12.3. The maximum atomic E-state index is 14.9. The van der Waals surface area contributed by atoms with Crippen molar-refractivity contribution in [3.8, 4) is 5.75 Å². The molecule has 15 heteroatoms. The number of carbonyl (C=O) groups is 4. The minimum atomic E-state index is -3.27. The van der Waals surface area contributed by atoms with E-state index in [1.807, 2.05) is 91.0 Å². The maximum Gasteiger partial charge on any atom is 1.00 e.